The average molecular weight is 400 g/mol. The first-order valence-corrected chi connectivity index (χ1v) is 9.58. The van der Waals surface area contributed by atoms with Crippen LogP contribution in [0.15, 0.2) is 36.5 Å². The van der Waals surface area contributed by atoms with Gasteiger partial charge in [-0.2, -0.15) is 5.10 Å². The second kappa shape index (κ2) is 7.67. The number of methoxy groups -OCH3 is 1. The number of imidazole rings is 1. The molecule has 1 amide bonds. The van der Waals surface area contributed by atoms with E-state index in [1.165, 1.54) is 0 Å². The van der Waals surface area contributed by atoms with Crippen LogP contribution in [0.5, 0.6) is 5.75 Å². The van der Waals surface area contributed by atoms with E-state index in [2.05, 4.69) is 20.3 Å². The Labute approximate surface area is 168 Å². The number of aromatic nitrogens is 3. The summed E-state index contributed by atoms with van der Waals surface area (Å²) in [6.07, 6.45) is 4.04. The molecule has 2 heterocycles. The molecule has 2 aromatic heterocycles. The largest absolute Gasteiger partial charge is 0.497 e. The lowest BCUT2D eigenvalue weighted by atomic mass is 10.2. The summed E-state index contributed by atoms with van der Waals surface area (Å²) in [6, 6.07) is 10.0. The van der Waals surface area contributed by atoms with Crippen LogP contribution < -0.4 is 15.0 Å². The van der Waals surface area contributed by atoms with Crippen LogP contribution in [0.2, 0.25) is 5.15 Å². The van der Waals surface area contributed by atoms with Crippen LogP contribution >= 0.6 is 11.6 Å². The minimum Gasteiger partial charge on any atom is -0.497 e. The first-order chi connectivity index (χ1) is 13.5. The van der Waals surface area contributed by atoms with Crippen molar-refractivity contribution >= 4 is 28.8 Å². The van der Waals surface area contributed by atoms with E-state index in [1.54, 1.807) is 23.9 Å². The lowest BCUT2D eigenvalue weighted by molar-refractivity contribution is -0.120. The summed E-state index contributed by atoms with van der Waals surface area (Å²) in [5.74, 6) is 0.808. The Bertz CT molecular complexity index is 998. The van der Waals surface area contributed by atoms with Gasteiger partial charge >= 0.3 is 0 Å². The predicted molar refractivity (Wildman–Crippen MR) is 108 cm³/mol. The number of nitrogens with zero attached hydrogens (tertiary/aromatic N) is 4. The predicted octanol–water partition coefficient (Wildman–Crippen LogP) is 2.85. The molecule has 0 spiro atoms. The van der Waals surface area contributed by atoms with Gasteiger partial charge in [-0.05, 0) is 30.5 Å². The molecule has 0 unspecified atom stereocenters. The molecule has 0 bridgehead atoms. The van der Waals surface area contributed by atoms with E-state index < -0.39 is 0 Å². The maximum absolute atomic E-state index is 12.2. The zero-order valence-electron chi connectivity index (χ0n) is 15.9. The zero-order chi connectivity index (χ0) is 19.7. The van der Waals surface area contributed by atoms with Crippen LogP contribution in [0, 0.1) is 0 Å². The number of carbonyl (C=O) groups excluding carboxylic acids is 1. The first kappa shape index (κ1) is 18.6. The maximum Gasteiger partial charge on any atom is 0.226 e. The van der Waals surface area contributed by atoms with Crippen molar-refractivity contribution in [2.24, 2.45) is 0 Å². The summed E-state index contributed by atoms with van der Waals surface area (Å²) >= 11 is 6.27. The Morgan fingerprint density at radius 3 is 2.79 bits per heavy atom. The van der Waals surface area contributed by atoms with E-state index in [1.807, 2.05) is 31.3 Å². The van der Waals surface area contributed by atoms with E-state index in [0.717, 1.165) is 35.5 Å². The summed E-state index contributed by atoms with van der Waals surface area (Å²) in [4.78, 5) is 18.7. The van der Waals surface area contributed by atoms with Crippen molar-refractivity contribution in [3.05, 3.63) is 52.9 Å². The lowest BCUT2D eigenvalue weighted by Gasteiger charge is -2.20. The van der Waals surface area contributed by atoms with Crippen molar-refractivity contribution in [1.29, 1.82) is 0 Å². The van der Waals surface area contributed by atoms with Gasteiger partial charge in [0.05, 0.1) is 31.1 Å². The van der Waals surface area contributed by atoms with E-state index >= 15 is 0 Å². The van der Waals surface area contributed by atoms with Gasteiger partial charge in [-0.3, -0.25) is 4.79 Å². The number of benzene rings is 1. The molecule has 146 valence electrons. The number of hydrogen-bond donors (Lipinski definition) is 1. The van der Waals surface area contributed by atoms with E-state index in [-0.39, 0.29) is 12.3 Å². The van der Waals surface area contributed by atoms with Gasteiger partial charge in [0, 0.05) is 25.7 Å². The highest BCUT2D eigenvalue weighted by molar-refractivity contribution is 6.29. The molecule has 0 aliphatic heterocycles. The van der Waals surface area contributed by atoms with Gasteiger partial charge in [0.1, 0.15) is 5.75 Å². The van der Waals surface area contributed by atoms with Gasteiger partial charge in [-0.1, -0.05) is 23.7 Å². The smallest absolute Gasteiger partial charge is 0.226 e. The number of nitrogens with one attached hydrogen (secondary N) is 1. The van der Waals surface area contributed by atoms with Gasteiger partial charge < -0.3 is 15.0 Å². The van der Waals surface area contributed by atoms with E-state index in [9.17, 15) is 4.79 Å². The number of hydrogen-bond acceptors (Lipinski definition) is 5. The van der Waals surface area contributed by atoms with Crippen molar-refractivity contribution in [1.82, 2.24) is 19.9 Å². The normalized spacial score (nSPS) is 13.5. The van der Waals surface area contributed by atoms with Gasteiger partial charge in [0.2, 0.25) is 5.91 Å². The highest BCUT2D eigenvalue weighted by atomic mass is 35.5. The summed E-state index contributed by atoms with van der Waals surface area (Å²) in [5, 5.41) is 7.69. The van der Waals surface area contributed by atoms with Crippen LogP contribution in [-0.4, -0.2) is 40.7 Å². The summed E-state index contributed by atoms with van der Waals surface area (Å²) < 4.78 is 6.87. The minimum absolute atomic E-state index is 0.0146. The number of amides is 1. The molecule has 1 aliphatic carbocycles. The molecule has 4 rings (SSSR count). The second-order valence-corrected chi connectivity index (χ2v) is 7.45. The van der Waals surface area contributed by atoms with Crippen molar-refractivity contribution < 1.29 is 9.53 Å². The van der Waals surface area contributed by atoms with Gasteiger partial charge in [0.15, 0.2) is 10.8 Å². The third-order valence-electron chi connectivity index (χ3n) is 4.76. The lowest BCUT2D eigenvalue weighted by Crippen LogP contribution is -2.27. The quantitative estimate of drug-likeness (QED) is 0.661. The average Bonchev–Trinajstić information content (AvgIpc) is 3.41. The monoisotopic (exact) mass is 399 g/mol. The molecular weight excluding hydrogens is 378 g/mol. The Morgan fingerprint density at radius 1 is 1.36 bits per heavy atom. The van der Waals surface area contributed by atoms with Crippen molar-refractivity contribution in [3.8, 4) is 5.75 Å². The maximum atomic E-state index is 12.2. The van der Waals surface area contributed by atoms with Gasteiger partial charge in [-0.25, -0.2) is 9.50 Å². The minimum atomic E-state index is -0.0146. The van der Waals surface area contributed by atoms with Gasteiger partial charge in [0.25, 0.3) is 0 Å². The van der Waals surface area contributed by atoms with Crippen LogP contribution in [-0.2, 0) is 17.8 Å². The van der Waals surface area contributed by atoms with Crippen LogP contribution in [0.4, 0.5) is 5.69 Å². The molecule has 1 aliphatic rings. The van der Waals surface area contributed by atoms with Crippen LogP contribution in [0.1, 0.15) is 24.1 Å². The fourth-order valence-electron chi connectivity index (χ4n) is 3.13. The molecule has 7 nitrogen and oxygen atoms in total. The fraction of sp³-hybridized carbons (Fsp3) is 0.350. The number of anilines is 1. The van der Waals surface area contributed by atoms with E-state index in [4.69, 9.17) is 16.3 Å². The first-order valence-electron chi connectivity index (χ1n) is 9.20. The zero-order valence-corrected chi connectivity index (χ0v) is 16.6. The molecule has 3 aromatic rings. The molecule has 1 aromatic carbocycles. The Kier molecular flexibility index (Phi) is 5.09. The third kappa shape index (κ3) is 4.04. The molecule has 8 heteroatoms. The van der Waals surface area contributed by atoms with Crippen molar-refractivity contribution in [3.63, 3.8) is 0 Å². The topological polar surface area (TPSA) is 71.8 Å². The molecular formula is C20H22ClN5O2. The Morgan fingerprint density at radius 2 is 2.11 bits per heavy atom. The molecule has 0 saturated heterocycles. The number of rotatable bonds is 7. The van der Waals surface area contributed by atoms with Crippen LogP contribution in [0.25, 0.3) is 5.65 Å². The third-order valence-corrected chi connectivity index (χ3v) is 4.95. The van der Waals surface area contributed by atoms with E-state index in [0.29, 0.717) is 23.4 Å². The molecule has 0 atom stereocenters. The highest BCUT2D eigenvalue weighted by Gasteiger charge is 2.24. The number of fused-ring (bicyclic) bond motifs is 1. The Balaban J connectivity index is 1.58. The highest BCUT2D eigenvalue weighted by Crippen LogP contribution is 2.25. The number of halogens is 1. The van der Waals surface area contributed by atoms with Crippen molar-refractivity contribution in [2.75, 3.05) is 19.1 Å². The molecule has 0 radical (unpaired) electrons. The second-order valence-electron chi connectivity index (χ2n) is 7.06. The molecule has 28 heavy (non-hydrogen) atoms. The molecule has 1 N–H and O–H groups in total. The number of ether oxygens (including phenoxy) is 1. The SMILES string of the molecule is COc1ccc(CN(C)c2cc(Cl)nn3c(CC(=O)NC4CC4)cnc23)cc1. The number of carbonyl (C=O) groups is 1. The standard InChI is InChI=1S/C20H22ClN5O2/c1-25(12-13-3-7-16(28-2)8-4-13)17-10-18(21)24-26-15(11-22-20(17)26)9-19(27)23-14-5-6-14/h3-4,7-8,10-11,14H,5-6,9,12H2,1-2H3,(H,23,27). The Hall–Kier alpha value is -2.80. The van der Waals surface area contributed by atoms with Crippen LogP contribution in [0.3, 0.4) is 0 Å². The fourth-order valence-corrected chi connectivity index (χ4v) is 3.31. The summed E-state index contributed by atoms with van der Waals surface area (Å²) in [6.45, 7) is 0.671. The molecule has 1 saturated carbocycles. The van der Waals surface area contributed by atoms with Gasteiger partial charge in [-0.15, -0.1) is 0 Å². The van der Waals surface area contributed by atoms with Crippen molar-refractivity contribution in [2.45, 2.75) is 31.8 Å². The summed E-state index contributed by atoms with van der Waals surface area (Å²) in [5.41, 5.74) is 3.37. The summed E-state index contributed by atoms with van der Waals surface area (Å²) in [7, 11) is 3.63. The molecule has 1 fully saturated rings.